The number of piperazine rings is 1. The normalized spacial score (nSPS) is 13.5. The van der Waals surface area contributed by atoms with E-state index in [4.69, 9.17) is 15.1 Å². The highest BCUT2D eigenvalue weighted by molar-refractivity contribution is 5.95. The average molecular weight is 566 g/mol. The Labute approximate surface area is 241 Å². The first-order valence-electron chi connectivity index (χ1n) is 13.6. The highest BCUT2D eigenvalue weighted by atomic mass is 19.1. The van der Waals surface area contributed by atoms with Crippen LogP contribution < -0.4 is 4.90 Å². The predicted octanol–water partition coefficient (Wildman–Crippen LogP) is 5.03. The molecular weight excluding hydrogens is 537 g/mol. The molecule has 0 N–H and O–H groups in total. The van der Waals surface area contributed by atoms with Gasteiger partial charge >= 0.3 is 0 Å². The first-order valence-corrected chi connectivity index (χ1v) is 13.6. The first kappa shape index (κ1) is 27.0. The number of non-ortho nitro benzene ring substituents is 1. The number of fused-ring (bicyclic) bond motifs is 1. The van der Waals surface area contributed by atoms with Gasteiger partial charge in [0, 0.05) is 50.3 Å². The van der Waals surface area contributed by atoms with E-state index in [0.717, 1.165) is 22.5 Å². The fourth-order valence-electron chi connectivity index (χ4n) is 5.19. The van der Waals surface area contributed by atoms with Gasteiger partial charge in [-0.1, -0.05) is 29.8 Å². The van der Waals surface area contributed by atoms with Crippen molar-refractivity contribution >= 4 is 28.4 Å². The summed E-state index contributed by atoms with van der Waals surface area (Å²) in [5.74, 6) is 0.880. The van der Waals surface area contributed by atoms with Gasteiger partial charge in [-0.25, -0.2) is 19.0 Å². The number of nitro groups is 1. The molecule has 6 rings (SSSR count). The molecular formula is C31H28FN7O3. The molecule has 0 unspecified atom stereocenters. The van der Waals surface area contributed by atoms with Gasteiger partial charge in [0.25, 0.3) is 11.6 Å². The molecule has 0 spiro atoms. The van der Waals surface area contributed by atoms with Crippen molar-refractivity contribution in [3.8, 4) is 5.69 Å². The summed E-state index contributed by atoms with van der Waals surface area (Å²) in [4.78, 5) is 37.5. The standard InChI is InChI=1S/C31H28FN7O3/c1-20-3-5-22(6-4-20)19-27-33-29(28-21(2)35-38(30(28)34-27)25-13-9-24(32)10-14-25)36-15-17-37(18-16-36)31(40)23-7-11-26(12-8-23)39(41)42/h3-14H,15-19H2,1-2H3. The van der Waals surface area contributed by atoms with Crippen LogP contribution in [0.15, 0.2) is 72.8 Å². The Bertz CT molecular complexity index is 1780. The lowest BCUT2D eigenvalue weighted by Crippen LogP contribution is -2.49. The minimum Gasteiger partial charge on any atom is -0.352 e. The van der Waals surface area contributed by atoms with E-state index in [1.165, 1.54) is 42.0 Å². The third kappa shape index (κ3) is 5.28. The molecule has 1 fully saturated rings. The Morgan fingerprint density at radius 1 is 0.905 bits per heavy atom. The third-order valence-corrected chi connectivity index (χ3v) is 7.48. The molecule has 0 atom stereocenters. The van der Waals surface area contributed by atoms with E-state index >= 15 is 0 Å². The largest absolute Gasteiger partial charge is 0.352 e. The summed E-state index contributed by atoms with van der Waals surface area (Å²) in [6.07, 6.45) is 0.523. The highest BCUT2D eigenvalue weighted by Gasteiger charge is 2.27. The molecule has 5 aromatic rings. The lowest BCUT2D eigenvalue weighted by atomic mass is 10.1. The van der Waals surface area contributed by atoms with Crippen LogP contribution in [0.5, 0.6) is 0 Å². The van der Waals surface area contributed by atoms with Crippen LogP contribution in [0.1, 0.15) is 33.0 Å². The molecule has 1 aliphatic heterocycles. The minimum atomic E-state index is -0.483. The number of carbonyl (C=O) groups excluding carboxylic acids is 1. The lowest BCUT2D eigenvalue weighted by molar-refractivity contribution is -0.384. The van der Waals surface area contributed by atoms with Gasteiger partial charge in [0.05, 0.1) is 21.7 Å². The average Bonchev–Trinajstić information content (AvgIpc) is 3.34. The van der Waals surface area contributed by atoms with Gasteiger partial charge in [0.2, 0.25) is 0 Å². The zero-order chi connectivity index (χ0) is 29.4. The molecule has 42 heavy (non-hydrogen) atoms. The van der Waals surface area contributed by atoms with E-state index in [1.54, 1.807) is 21.7 Å². The van der Waals surface area contributed by atoms with E-state index in [1.807, 2.05) is 13.8 Å². The molecule has 3 heterocycles. The first-order chi connectivity index (χ1) is 20.3. The van der Waals surface area contributed by atoms with Gasteiger partial charge in [-0.3, -0.25) is 14.9 Å². The second-order valence-electron chi connectivity index (χ2n) is 10.4. The van der Waals surface area contributed by atoms with Crippen LogP contribution in [0.4, 0.5) is 15.9 Å². The molecule has 1 aliphatic rings. The number of halogens is 1. The van der Waals surface area contributed by atoms with Crippen LogP contribution in [-0.2, 0) is 6.42 Å². The molecule has 0 saturated carbocycles. The second-order valence-corrected chi connectivity index (χ2v) is 10.4. The van der Waals surface area contributed by atoms with Crippen molar-refractivity contribution in [3.05, 3.63) is 117 Å². The Balaban J connectivity index is 1.33. The van der Waals surface area contributed by atoms with E-state index in [-0.39, 0.29) is 17.4 Å². The predicted molar refractivity (Wildman–Crippen MR) is 157 cm³/mol. The zero-order valence-electron chi connectivity index (χ0n) is 23.2. The van der Waals surface area contributed by atoms with Crippen LogP contribution in [0, 0.1) is 29.8 Å². The minimum absolute atomic E-state index is 0.0536. The quantitative estimate of drug-likeness (QED) is 0.210. The lowest BCUT2D eigenvalue weighted by Gasteiger charge is -2.35. The van der Waals surface area contributed by atoms with Crippen LogP contribution >= 0.6 is 0 Å². The van der Waals surface area contributed by atoms with Crippen molar-refractivity contribution in [3.63, 3.8) is 0 Å². The number of nitrogens with zero attached hydrogens (tertiary/aromatic N) is 7. The van der Waals surface area contributed by atoms with Crippen molar-refractivity contribution in [1.29, 1.82) is 0 Å². The Hall–Kier alpha value is -5.19. The van der Waals surface area contributed by atoms with Crippen LogP contribution in [0.3, 0.4) is 0 Å². The fourth-order valence-corrected chi connectivity index (χ4v) is 5.19. The number of rotatable bonds is 6. The summed E-state index contributed by atoms with van der Waals surface area (Å²) < 4.78 is 15.4. The summed E-state index contributed by atoms with van der Waals surface area (Å²) >= 11 is 0. The molecule has 1 amide bonds. The van der Waals surface area contributed by atoms with Crippen LogP contribution in [-0.4, -0.2) is 61.7 Å². The SMILES string of the molecule is Cc1ccc(Cc2nc(N3CCN(C(=O)c4ccc([N+](=O)[O-])cc4)CC3)c3c(C)nn(-c4ccc(F)cc4)c3n2)cc1. The zero-order valence-corrected chi connectivity index (χ0v) is 23.2. The molecule has 1 saturated heterocycles. The Morgan fingerprint density at radius 3 is 2.21 bits per heavy atom. The maximum absolute atomic E-state index is 13.7. The summed E-state index contributed by atoms with van der Waals surface area (Å²) in [5.41, 5.74) is 4.68. The molecule has 3 aromatic carbocycles. The molecule has 2 aromatic heterocycles. The monoisotopic (exact) mass is 565 g/mol. The summed E-state index contributed by atoms with van der Waals surface area (Å²) in [6, 6.07) is 20.1. The molecule has 0 radical (unpaired) electrons. The van der Waals surface area contributed by atoms with Gasteiger partial charge in [0.15, 0.2) is 5.65 Å². The van der Waals surface area contributed by atoms with Crippen molar-refractivity contribution in [2.24, 2.45) is 0 Å². The number of amides is 1. The number of hydrogen-bond acceptors (Lipinski definition) is 7. The van der Waals surface area contributed by atoms with E-state index in [2.05, 4.69) is 29.2 Å². The van der Waals surface area contributed by atoms with E-state index in [0.29, 0.717) is 55.3 Å². The van der Waals surface area contributed by atoms with Gasteiger partial charge in [-0.15, -0.1) is 0 Å². The Kier molecular flexibility index (Phi) is 7.07. The van der Waals surface area contributed by atoms with Gasteiger partial charge in [0.1, 0.15) is 17.5 Å². The number of nitro benzene ring substituents is 1. The number of aryl methyl sites for hydroxylation is 2. The number of carbonyl (C=O) groups is 1. The molecule has 11 heteroatoms. The number of aromatic nitrogens is 4. The topological polar surface area (TPSA) is 110 Å². The molecule has 10 nitrogen and oxygen atoms in total. The Morgan fingerprint density at radius 2 is 1.57 bits per heavy atom. The summed E-state index contributed by atoms with van der Waals surface area (Å²) in [6.45, 7) is 5.94. The number of hydrogen-bond donors (Lipinski definition) is 0. The molecule has 0 aliphatic carbocycles. The molecule has 0 bridgehead atoms. The number of anilines is 1. The van der Waals surface area contributed by atoms with Gasteiger partial charge in [-0.05, 0) is 55.8 Å². The van der Waals surface area contributed by atoms with Gasteiger partial charge < -0.3 is 9.80 Å². The second kappa shape index (κ2) is 11.0. The smallest absolute Gasteiger partial charge is 0.269 e. The summed E-state index contributed by atoms with van der Waals surface area (Å²) in [7, 11) is 0. The van der Waals surface area contributed by atoms with Crippen molar-refractivity contribution in [1.82, 2.24) is 24.6 Å². The van der Waals surface area contributed by atoms with Crippen molar-refractivity contribution in [2.75, 3.05) is 31.1 Å². The van der Waals surface area contributed by atoms with E-state index in [9.17, 15) is 19.3 Å². The maximum Gasteiger partial charge on any atom is 0.269 e. The third-order valence-electron chi connectivity index (χ3n) is 7.48. The van der Waals surface area contributed by atoms with Crippen LogP contribution in [0.2, 0.25) is 0 Å². The van der Waals surface area contributed by atoms with Crippen LogP contribution in [0.25, 0.3) is 16.7 Å². The summed E-state index contributed by atoms with van der Waals surface area (Å²) in [5, 5.41) is 16.5. The molecule has 212 valence electrons. The van der Waals surface area contributed by atoms with Crippen molar-refractivity contribution < 1.29 is 14.1 Å². The van der Waals surface area contributed by atoms with E-state index < -0.39 is 4.92 Å². The maximum atomic E-state index is 13.7. The van der Waals surface area contributed by atoms with Gasteiger partial charge in [-0.2, -0.15) is 5.10 Å². The highest BCUT2D eigenvalue weighted by Crippen LogP contribution is 2.30. The van der Waals surface area contributed by atoms with Crippen molar-refractivity contribution in [2.45, 2.75) is 20.3 Å². The number of benzene rings is 3. The fraction of sp³-hybridized carbons (Fsp3) is 0.226.